The number of hydrogen-bond acceptors (Lipinski definition) is 6. The number of rotatable bonds is 6. The van der Waals surface area contributed by atoms with E-state index in [1.165, 1.54) is 48.5 Å². The number of esters is 1. The van der Waals surface area contributed by atoms with Gasteiger partial charge in [-0.3, -0.25) is 0 Å². The second-order valence-corrected chi connectivity index (χ2v) is 9.20. The van der Waals surface area contributed by atoms with E-state index in [0.29, 0.717) is 32.0 Å². The van der Waals surface area contributed by atoms with E-state index in [4.69, 9.17) is 9.88 Å². The lowest BCUT2D eigenvalue weighted by Crippen LogP contribution is -2.16. The zero-order chi connectivity index (χ0) is 23.7. The Morgan fingerprint density at radius 2 is 1.59 bits per heavy atom. The Balaban J connectivity index is 2.09. The van der Waals surface area contributed by atoms with Gasteiger partial charge in [0.25, 0.3) is 0 Å². The second-order valence-electron chi connectivity index (χ2n) is 6.62. The minimum Gasteiger partial charge on any atom is -0.462 e. The van der Waals surface area contributed by atoms with Gasteiger partial charge in [0, 0.05) is 10.4 Å². The minimum absolute atomic E-state index is 0.0766. The van der Waals surface area contributed by atoms with Crippen molar-refractivity contribution < 1.29 is 35.9 Å². The normalized spacial score (nSPS) is 11.9. The largest absolute Gasteiger partial charge is 0.573 e. The summed E-state index contributed by atoms with van der Waals surface area (Å²) in [5.74, 6) is -0.922. The van der Waals surface area contributed by atoms with Gasteiger partial charge in [-0.15, -0.1) is 24.5 Å². The second kappa shape index (κ2) is 8.93. The minimum atomic E-state index is -4.80. The van der Waals surface area contributed by atoms with Crippen molar-refractivity contribution in [2.24, 2.45) is 5.14 Å². The Bertz CT molecular complexity index is 1230. The topological polar surface area (TPSA) is 95.7 Å². The monoisotopic (exact) mass is 485 g/mol. The average Bonchev–Trinajstić information content (AvgIpc) is 3.04. The van der Waals surface area contributed by atoms with Crippen LogP contribution >= 0.6 is 11.3 Å². The number of nitrogens with two attached hydrogens (primary N) is 1. The molecule has 0 spiro atoms. The molecule has 1 heterocycles. The van der Waals surface area contributed by atoms with E-state index in [-0.39, 0.29) is 17.3 Å². The van der Waals surface area contributed by atoms with Gasteiger partial charge in [-0.25, -0.2) is 18.4 Å². The number of halogens is 3. The summed E-state index contributed by atoms with van der Waals surface area (Å²) in [5, 5.41) is 5.14. The molecule has 0 aliphatic rings. The molecule has 0 unspecified atom stereocenters. The van der Waals surface area contributed by atoms with E-state index in [2.05, 4.69) is 4.74 Å². The van der Waals surface area contributed by atoms with Gasteiger partial charge >= 0.3 is 12.3 Å². The van der Waals surface area contributed by atoms with E-state index in [0.717, 1.165) is 11.3 Å². The molecule has 0 aliphatic heterocycles. The fourth-order valence-corrected chi connectivity index (χ4v) is 4.84. The molecule has 0 aliphatic carbocycles. The molecule has 2 N–H and O–H groups in total. The first-order valence-corrected chi connectivity index (χ1v) is 11.6. The predicted molar refractivity (Wildman–Crippen MR) is 114 cm³/mol. The van der Waals surface area contributed by atoms with E-state index >= 15 is 0 Å². The smallest absolute Gasteiger partial charge is 0.462 e. The third-order valence-corrected chi connectivity index (χ3v) is 6.68. The van der Waals surface area contributed by atoms with Crippen LogP contribution in [-0.2, 0) is 14.8 Å². The zero-order valence-corrected chi connectivity index (χ0v) is 18.5. The van der Waals surface area contributed by atoms with Gasteiger partial charge < -0.3 is 9.47 Å². The molecule has 0 bridgehead atoms. The lowest BCUT2D eigenvalue weighted by Gasteiger charge is -2.09. The number of ether oxygens (including phenoxy) is 2. The van der Waals surface area contributed by atoms with Gasteiger partial charge in [0.15, 0.2) is 0 Å². The van der Waals surface area contributed by atoms with E-state index in [1.54, 1.807) is 13.8 Å². The maximum atomic E-state index is 12.6. The molecule has 32 heavy (non-hydrogen) atoms. The molecule has 0 radical (unpaired) electrons. The molecule has 11 heteroatoms. The van der Waals surface area contributed by atoms with Gasteiger partial charge in [0.2, 0.25) is 10.0 Å². The summed E-state index contributed by atoms with van der Waals surface area (Å²) in [6, 6.07) is 11.0. The quantitative estimate of drug-likeness (QED) is 0.490. The molecule has 0 saturated carbocycles. The molecule has 1 aromatic heterocycles. The van der Waals surface area contributed by atoms with Crippen molar-refractivity contribution >= 4 is 27.3 Å². The molecule has 0 amide bonds. The van der Waals surface area contributed by atoms with Crippen LogP contribution in [0.15, 0.2) is 53.4 Å². The van der Waals surface area contributed by atoms with Crippen molar-refractivity contribution in [2.45, 2.75) is 25.1 Å². The Morgan fingerprint density at radius 1 is 1.03 bits per heavy atom. The molecule has 3 aromatic rings. The molecule has 0 saturated heterocycles. The third kappa shape index (κ3) is 5.29. The summed E-state index contributed by atoms with van der Waals surface area (Å²) in [5.41, 5.74) is 2.38. The Morgan fingerprint density at radius 3 is 2.09 bits per heavy atom. The van der Waals surface area contributed by atoms with Crippen LogP contribution in [0.4, 0.5) is 13.2 Å². The first-order chi connectivity index (χ1) is 14.9. The van der Waals surface area contributed by atoms with Crippen molar-refractivity contribution in [3.05, 3.63) is 59.0 Å². The fraction of sp³-hybridized carbons (Fsp3) is 0.190. The molecule has 3 rings (SSSR count). The highest BCUT2D eigenvalue weighted by atomic mass is 32.2. The number of hydrogen-bond donors (Lipinski definition) is 1. The van der Waals surface area contributed by atoms with E-state index in [9.17, 15) is 26.4 Å². The van der Waals surface area contributed by atoms with E-state index in [1.807, 2.05) is 0 Å². The summed E-state index contributed by atoms with van der Waals surface area (Å²) in [4.78, 5) is 13.5. The lowest BCUT2D eigenvalue weighted by molar-refractivity contribution is -0.274. The van der Waals surface area contributed by atoms with Gasteiger partial charge in [-0.2, -0.15) is 0 Å². The van der Waals surface area contributed by atoms with E-state index < -0.39 is 22.4 Å². The maximum Gasteiger partial charge on any atom is 0.573 e. The van der Waals surface area contributed by atoms with Gasteiger partial charge in [0.05, 0.1) is 11.5 Å². The molecule has 0 fully saturated rings. The summed E-state index contributed by atoms with van der Waals surface area (Å²) in [7, 11) is -3.88. The summed E-state index contributed by atoms with van der Waals surface area (Å²) >= 11 is 1.13. The van der Waals surface area contributed by atoms with Crippen LogP contribution in [0.3, 0.4) is 0 Å². The van der Waals surface area contributed by atoms with Crippen LogP contribution in [-0.4, -0.2) is 27.4 Å². The average molecular weight is 486 g/mol. The van der Waals surface area contributed by atoms with Crippen molar-refractivity contribution in [2.75, 3.05) is 6.61 Å². The lowest BCUT2D eigenvalue weighted by atomic mass is 9.99. The number of alkyl halides is 3. The SMILES string of the molecule is CCOC(=O)c1sc(-c2ccc(OC(F)(F)F)cc2)c(C)c1-c1ccc(S(N)(=O)=O)cc1. The Kier molecular flexibility index (Phi) is 6.63. The molecule has 2 aromatic carbocycles. The number of thiophene rings is 1. The summed E-state index contributed by atoms with van der Waals surface area (Å²) in [6.07, 6.45) is -4.80. The first-order valence-electron chi connectivity index (χ1n) is 9.20. The molecule has 6 nitrogen and oxygen atoms in total. The predicted octanol–water partition coefficient (Wildman–Crippen LogP) is 5.11. The summed E-state index contributed by atoms with van der Waals surface area (Å²) < 4.78 is 69.4. The van der Waals surface area contributed by atoms with Gasteiger partial charge in [-0.1, -0.05) is 12.1 Å². The number of primary sulfonamides is 1. The highest BCUT2D eigenvalue weighted by molar-refractivity contribution is 7.89. The highest BCUT2D eigenvalue weighted by Gasteiger charge is 2.31. The number of carbonyl (C=O) groups is 1. The van der Waals surface area contributed by atoms with Crippen molar-refractivity contribution in [1.82, 2.24) is 0 Å². The molecular weight excluding hydrogens is 467 g/mol. The van der Waals surface area contributed by atoms with Crippen molar-refractivity contribution in [3.8, 4) is 27.3 Å². The fourth-order valence-electron chi connectivity index (χ4n) is 3.10. The van der Waals surface area contributed by atoms with Crippen molar-refractivity contribution in [3.63, 3.8) is 0 Å². The van der Waals surface area contributed by atoms with Gasteiger partial charge in [0.1, 0.15) is 10.6 Å². The maximum absolute atomic E-state index is 12.6. The Labute approximate surface area is 186 Å². The Hall–Kier alpha value is -2.89. The van der Waals surface area contributed by atoms with Crippen LogP contribution in [0.1, 0.15) is 22.2 Å². The molecular formula is C21H18F3NO5S2. The third-order valence-electron chi connectivity index (χ3n) is 4.43. The standard InChI is InChI=1S/C21H18F3NO5S2/c1-3-29-20(26)19-17(13-6-10-16(11-7-13)32(25,27)28)12(2)18(31-19)14-4-8-15(9-5-14)30-21(22,23)24/h4-11H,3H2,1-2H3,(H2,25,27,28). The van der Waals surface area contributed by atoms with Crippen LogP contribution in [0.2, 0.25) is 0 Å². The van der Waals surface area contributed by atoms with Crippen molar-refractivity contribution in [1.29, 1.82) is 0 Å². The van der Waals surface area contributed by atoms with Crippen LogP contribution in [0.5, 0.6) is 5.75 Å². The summed E-state index contributed by atoms with van der Waals surface area (Å²) in [6.45, 7) is 3.58. The molecule has 0 atom stereocenters. The molecule has 170 valence electrons. The number of carbonyl (C=O) groups excluding carboxylic acids is 1. The number of benzene rings is 2. The number of sulfonamides is 1. The highest BCUT2D eigenvalue weighted by Crippen LogP contribution is 2.43. The first kappa shape index (κ1) is 23.8. The van der Waals surface area contributed by atoms with Gasteiger partial charge in [-0.05, 0) is 66.9 Å². The van der Waals surface area contributed by atoms with Crippen LogP contribution in [0.25, 0.3) is 21.6 Å². The van der Waals surface area contributed by atoms with Crippen LogP contribution < -0.4 is 9.88 Å². The van der Waals surface area contributed by atoms with Crippen LogP contribution in [0, 0.1) is 6.92 Å². The zero-order valence-electron chi connectivity index (χ0n) is 16.9.